The first-order valence-corrected chi connectivity index (χ1v) is 6.13. The van der Waals surface area contributed by atoms with Gasteiger partial charge in [0.05, 0.1) is 9.40 Å². The van der Waals surface area contributed by atoms with Gasteiger partial charge in [0.15, 0.2) is 0 Å². The molecule has 0 aliphatic rings. The maximum atomic E-state index is 10.8. The van der Waals surface area contributed by atoms with Crippen molar-refractivity contribution in [3.8, 4) is 0 Å². The summed E-state index contributed by atoms with van der Waals surface area (Å²) in [5, 5.41) is 10.8. The molecular weight excluding hydrogens is 293 g/mol. The number of hydrogen-bond donors (Lipinski definition) is 0. The van der Waals surface area contributed by atoms with Crippen LogP contribution in [-0.2, 0) is 11.3 Å². The van der Waals surface area contributed by atoms with E-state index in [-0.39, 0.29) is 11.1 Å². The predicted octanol–water partition coefficient (Wildman–Crippen LogP) is 4.39. The molecule has 0 aliphatic heterocycles. The van der Waals surface area contributed by atoms with Gasteiger partial charge < -0.3 is 0 Å². The minimum atomic E-state index is -0.392. The van der Waals surface area contributed by atoms with E-state index in [9.17, 15) is 10.1 Å². The van der Waals surface area contributed by atoms with Crippen molar-refractivity contribution in [1.82, 2.24) is 0 Å². The monoisotopic (exact) mass is 305 g/mol. The van der Waals surface area contributed by atoms with Crippen LogP contribution in [0.15, 0.2) is 16.6 Å². The Morgan fingerprint density at radius 3 is 2.38 bits per heavy atom. The number of alkyl halides is 1. The zero-order chi connectivity index (χ0) is 12.5. The summed E-state index contributed by atoms with van der Waals surface area (Å²) in [7, 11) is 0. The van der Waals surface area contributed by atoms with Crippen molar-refractivity contribution < 1.29 is 4.92 Å². The first kappa shape index (κ1) is 13.5. The Hall–Kier alpha value is -0.610. The molecule has 1 aromatic carbocycles. The lowest BCUT2D eigenvalue weighted by Gasteiger charge is -2.22. The van der Waals surface area contributed by atoms with Crippen LogP contribution in [0.4, 0.5) is 5.69 Å². The predicted molar refractivity (Wildman–Crippen MR) is 69.1 cm³/mol. The second-order valence-corrected chi connectivity index (χ2v) is 5.72. The standard InChI is InChI=1S/C11H13BrClNO2/c1-11(2,3)8-5-10(14(15)16)9(12)4-7(8)6-13/h4-5H,6H2,1-3H3. The lowest BCUT2D eigenvalue weighted by atomic mass is 9.84. The fourth-order valence-corrected chi connectivity index (χ4v) is 2.31. The van der Waals surface area contributed by atoms with Crippen molar-refractivity contribution in [2.75, 3.05) is 0 Å². The minimum absolute atomic E-state index is 0.0822. The molecule has 1 aromatic rings. The molecule has 0 unspecified atom stereocenters. The van der Waals surface area contributed by atoms with Gasteiger partial charge in [0.2, 0.25) is 0 Å². The number of halogens is 2. The Balaban J connectivity index is 3.47. The van der Waals surface area contributed by atoms with E-state index in [0.29, 0.717) is 10.4 Å². The molecule has 0 radical (unpaired) electrons. The highest BCUT2D eigenvalue weighted by molar-refractivity contribution is 9.10. The molecule has 0 heterocycles. The molecule has 0 fully saturated rings. The van der Waals surface area contributed by atoms with Gasteiger partial charge in [-0.05, 0) is 38.5 Å². The first-order valence-electron chi connectivity index (χ1n) is 4.80. The average Bonchev–Trinajstić information content (AvgIpc) is 2.14. The lowest BCUT2D eigenvalue weighted by Crippen LogP contribution is -2.14. The lowest BCUT2D eigenvalue weighted by molar-refractivity contribution is -0.385. The van der Waals surface area contributed by atoms with Gasteiger partial charge >= 0.3 is 0 Å². The Morgan fingerprint density at radius 2 is 2.00 bits per heavy atom. The Morgan fingerprint density at radius 1 is 1.44 bits per heavy atom. The molecule has 0 bridgehead atoms. The van der Waals surface area contributed by atoms with Crippen molar-refractivity contribution >= 4 is 33.2 Å². The summed E-state index contributed by atoms with van der Waals surface area (Å²) in [6, 6.07) is 3.33. The van der Waals surface area contributed by atoms with Gasteiger partial charge in [-0.3, -0.25) is 10.1 Å². The molecule has 0 atom stereocenters. The fourth-order valence-electron chi connectivity index (χ4n) is 1.55. The van der Waals surface area contributed by atoms with E-state index < -0.39 is 4.92 Å². The van der Waals surface area contributed by atoms with E-state index in [4.69, 9.17) is 11.6 Å². The van der Waals surface area contributed by atoms with Crippen LogP contribution < -0.4 is 0 Å². The van der Waals surface area contributed by atoms with Gasteiger partial charge in [-0.2, -0.15) is 0 Å². The highest BCUT2D eigenvalue weighted by atomic mass is 79.9. The van der Waals surface area contributed by atoms with Crippen LogP contribution in [0.5, 0.6) is 0 Å². The molecule has 0 N–H and O–H groups in total. The SMILES string of the molecule is CC(C)(C)c1cc([N+](=O)[O-])c(Br)cc1CCl. The molecule has 88 valence electrons. The highest BCUT2D eigenvalue weighted by Crippen LogP contribution is 2.35. The van der Waals surface area contributed by atoms with E-state index in [1.807, 2.05) is 20.8 Å². The van der Waals surface area contributed by atoms with Crippen molar-refractivity contribution in [2.45, 2.75) is 32.1 Å². The molecule has 0 spiro atoms. The summed E-state index contributed by atoms with van der Waals surface area (Å²) in [6.45, 7) is 6.03. The van der Waals surface area contributed by atoms with Crippen LogP contribution in [0.1, 0.15) is 31.9 Å². The smallest absolute Gasteiger partial charge is 0.258 e. The second kappa shape index (κ2) is 4.72. The van der Waals surface area contributed by atoms with Gasteiger partial charge in [-0.25, -0.2) is 0 Å². The maximum Gasteiger partial charge on any atom is 0.283 e. The fraction of sp³-hybridized carbons (Fsp3) is 0.455. The van der Waals surface area contributed by atoms with Gasteiger partial charge in [-0.15, -0.1) is 11.6 Å². The Kier molecular flexibility index (Phi) is 3.97. The summed E-state index contributed by atoms with van der Waals surface area (Å²) < 4.78 is 0.473. The van der Waals surface area contributed by atoms with Crippen LogP contribution >= 0.6 is 27.5 Å². The largest absolute Gasteiger partial charge is 0.283 e. The van der Waals surface area contributed by atoms with E-state index in [1.54, 1.807) is 12.1 Å². The minimum Gasteiger partial charge on any atom is -0.258 e. The van der Waals surface area contributed by atoms with Gasteiger partial charge in [0, 0.05) is 11.9 Å². The van der Waals surface area contributed by atoms with Gasteiger partial charge in [0.25, 0.3) is 5.69 Å². The van der Waals surface area contributed by atoms with Crippen LogP contribution in [0.2, 0.25) is 0 Å². The normalized spacial score (nSPS) is 11.6. The van der Waals surface area contributed by atoms with Crippen molar-refractivity contribution in [3.05, 3.63) is 37.8 Å². The molecule has 0 saturated carbocycles. The summed E-state index contributed by atoms with van der Waals surface area (Å²) in [6.07, 6.45) is 0. The van der Waals surface area contributed by atoms with Crippen LogP contribution in [-0.4, -0.2) is 4.92 Å². The number of benzene rings is 1. The zero-order valence-corrected chi connectivity index (χ0v) is 11.7. The van der Waals surface area contributed by atoms with Gasteiger partial charge in [-0.1, -0.05) is 20.8 Å². The number of rotatable bonds is 2. The Bertz CT molecular complexity index is 427. The first-order chi connectivity index (χ1) is 7.27. The summed E-state index contributed by atoms with van der Waals surface area (Å²) in [5.41, 5.74) is 1.76. The van der Waals surface area contributed by atoms with Crippen molar-refractivity contribution in [2.24, 2.45) is 0 Å². The van der Waals surface area contributed by atoms with Crippen LogP contribution in [0, 0.1) is 10.1 Å². The number of nitro groups is 1. The molecular formula is C11H13BrClNO2. The van der Waals surface area contributed by atoms with E-state index in [0.717, 1.165) is 11.1 Å². The zero-order valence-electron chi connectivity index (χ0n) is 9.38. The third kappa shape index (κ3) is 2.74. The molecule has 0 aromatic heterocycles. The average molecular weight is 307 g/mol. The molecule has 0 amide bonds. The molecule has 0 saturated heterocycles. The van der Waals surface area contributed by atoms with E-state index in [2.05, 4.69) is 15.9 Å². The number of hydrogen-bond acceptors (Lipinski definition) is 2. The summed E-state index contributed by atoms with van der Waals surface area (Å²) in [4.78, 5) is 10.5. The molecule has 1 rings (SSSR count). The quantitative estimate of drug-likeness (QED) is 0.462. The third-order valence-electron chi connectivity index (χ3n) is 2.32. The molecule has 3 nitrogen and oxygen atoms in total. The summed E-state index contributed by atoms with van der Waals surface area (Å²) in [5.74, 6) is 0.350. The molecule has 0 aliphatic carbocycles. The van der Waals surface area contributed by atoms with E-state index >= 15 is 0 Å². The topological polar surface area (TPSA) is 43.1 Å². The molecule has 16 heavy (non-hydrogen) atoms. The highest BCUT2D eigenvalue weighted by Gasteiger charge is 2.23. The van der Waals surface area contributed by atoms with Crippen LogP contribution in [0.25, 0.3) is 0 Å². The van der Waals surface area contributed by atoms with Crippen molar-refractivity contribution in [3.63, 3.8) is 0 Å². The van der Waals surface area contributed by atoms with Crippen molar-refractivity contribution in [1.29, 1.82) is 0 Å². The van der Waals surface area contributed by atoms with Gasteiger partial charge in [0.1, 0.15) is 0 Å². The van der Waals surface area contributed by atoms with Crippen LogP contribution in [0.3, 0.4) is 0 Å². The number of nitro benzene ring substituents is 1. The number of nitrogens with zero attached hydrogens (tertiary/aromatic N) is 1. The Labute approximate surface area is 108 Å². The second-order valence-electron chi connectivity index (χ2n) is 4.60. The maximum absolute atomic E-state index is 10.8. The molecule has 5 heteroatoms. The van der Waals surface area contributed by atoms with E-state index in [1.165, 1.54) is 0 Å². The third-order valence-corrected chi connectivity index (χ3v) is 3.24. The summed E-state index contributed by atoms with van der Waals surface area (Å²) >= 11 is 9.04.